The smallest absolute Gasteiger partial charge is 0.0247 e. The van der Waals surface area contributed by atoms with Gasteiger partial charge in [-0.25, -0.2) is 0 Å². The van der Waals surface area contributed by atoms with Crippen molar-refractivity contribution in [3.8, 4) is 0 Å². The third kappa shape index (κ3) is 1.62. The highest BCUT2D eigenvalue weighted by atomic mass is 15.3. The number of nitrogens with zero attached hydrogens (tertiary/aromatic N) is 1. The molecule has 1 N–H and O–H groups in total. The summed E-state index contributed by atoms with van der Waals surface area (Å²) < 4.78 is 0. The van der Waals surface area contributed by atoms with Crippen molar-refractivity contribution in [1.82, 2.24) is 10.2 Å². The van der Waals surface area contributed by atoms with E-state index in [2.05, 4.69) is 51.8 Å². The maximum atomic E-state index is 3.54. The van der Waals surface area contributed by atoms with Crippen LogP contribution in [0.3, 0.4) is 0 Å². The van der Waals surface area contributed by atoms with Crippen molar-refractivity contribution in [1.29, 1.82) is 0 Å². The van der Waals surface area contributed by atoms with Crippen molar-refractivity contribution in [2.45, 2.75) is 53.6 Å². The molecule has 1 aliphatic heterocycles. The molecule has 2 rings (SSSR count). The van der Waals surface area contributed by atoms with Crippen LogP contribution >= 0.6 is 0 Å². The lowest BCUT2D eigenvalue weighted by Crippen LogP contribution is -2.55. The molecule has 0 aromatic rings. The van der Waals surface area contributed by atoms with Gasteiger partial charge in [0.15, 0.2) is 0 Å². The third-order valence-electron chi connectivity index (χ3n) is 5.37. The normalized spacial score (nSPS) is 34.3. The Morgan fingerprint density at radius 3 is 2.12 bits per heavy atom. The van der Waals surface area contributed by atoms with Crippen LogP contribution < -0.4 is 5.32 Å². The Hall–Kier alpha value is -0.0800. The minimum atomic E-state index is 0.484. The number of piperazine rings is 1. The monoisotopic (exact) mass is 224 g/mol. The molecule has 1 saturated carbocycles. The van der Waals surface area contributed by atoms with E-state index in [1.165, 1.54) is 13.1 Å². The van der Waals surface area contributed by atoms with Gasteiger partial charge in [-0.15, -0.1) is 0 Å². The highest BCUT2D eigenvalue weighted by molar-refractivity contribution is 5.19. The van der Waals surface area contributed by atoms with Crippen molar-refractivity contribution >= 4 is 0 Å². The van der Waals surface area contributed by atoms with E-state index in [1.807, 2.05) is 0 Å². The summed E-state index contributed by atoms with van der Waals surface area (Å²) in [5.74, 6) is 0.750. The molecule has 1 heterocycles. The van der Waals surface area contributed by atoms with Crippen LogP contribution in [-0.2, 0) is 0 Å². The molecule has 16 heavy (non-hydrogen) atoms. The molecule has 0 aromatic heterocycles. The SMILES string of the molecule is CC(C)C1CNCCN1C1C(C)(C)C1(C)C. The van der Waals surface area contributed by atoms with Gasteiger partial charge in [-0.05, 0) is 16.7 Å². The molecule has 0 spiro atoms. The van der Waals surface area contributed by atoms with Gasteiger partial charge >= 0.3 is 0 Å². The fraction of sp³-hybridized carbons (Fsp3) is 1.00. The maximum absolute atomic E-state index is 3.54. The molecule has 0 bridgehead atoms. The molecule has 2 nitrogen and oxygen atoms in total. The quantitative estimate of drug-likeness (QED) is 0.774. The van der Waals surface area contributed by atoms with Gasteiger partial charge in [-0.3, -0.25) is 4.90 Å². The van der Waals surface area contributed by atoms with E-state index in [1.54, 1.807) is 0 Å². The second-order valence-corrected chi connectivity index (χ2v) is 7.10. The Bertz CT molecular complexity index is 254. The molecule has 2 fully saturated rings. The van der Waals surface area contributed by atoms with E-state index >= 15 is 0 Å². The number of rotatable bonds is 2. The van der Waals surface area contributed by atoms with Crippen molar-refractivity contribution in [3.05, 3.63) is 0 Å². The van der Waals surface area contributed by atoms with Crippen molar-refractivity contribution in [2.75, 3.05) is 19.6 Å². The van der Waals surface area contributed by atoms with Crippen LogP contribution in [0.15, 0.2) is 0 Å². The largest absolute Gasteiger partial charge is 0.314 e. The highest BCUT2D eigenvalue weighted by Crippen LogP contribution is 2.65. The molecule has 1 aliphatic carbocycles. The van der Waals surface area contributed by atoms with Crippen LogP contribution in [0.5, 0.6) is 0 Å². The number of hydrogen-bond donors (Lipinski definition) is 1. The zero-order valence-corrected chi connectivity index (χ0v) is 11.8. The van der Waals surface area contributed by atoms with Gasteiger partial charge in [-0.1, -0.05) is 41.5 Å². The number of nitrogens with one attached hydrogen (secondary N) is 1. The topological polar surface area (TPSA) is 15.3 Å². The van der Waals surface area contributed by atoms with Crippen molar-refractivity contribution in [2.24, 2.45) is 16.7 Å². The van der Waals surface area contributed by atoms with E-state index in [-0.39, 0.29) is 0 Å². The van der Waals surface area contributed by atoms with Crippen molar-refractivity contribution < 1.29 is 0 Å². The molecule has 1 unspecified atom stereocenters. The standard InChI is InChI=1S/C14H28N2/c1-10(2)11-9-15-7-8-16(11)12-13(3,4)14(12,5)6/h10-12,15H,7-9H2,1-6H3. The lowest BCUT2D eigenvalue weighted by molar-refractivity contribution is 0.0959. The maximum Gasteiger partial charge on any atom is 0.0247 e. The average Bonchev–Trinajstić information content (AvgIpc) is 2.57. The van der Waals surface area contributed by atoms with Gasteiger partial charge in [-0.2, -0.15) is 0 Å². The summed E-state index contributed by atoms with van der Waals surface area (Å²) in [6.07, 6.45) is 0. The van der Waals surface area contributed by atoms with Crippen LogP contribution in [0.25, 0.3) is 0 Å². The fourth-order valence-electron chi connectivity index (χ4n) is 3.67. The van der Waals surface area contributed by atoms with Crippen molar-refractivity contribution in [3.63, 3.8) is 0 Å². The van der Waals surface area contributed by atoms with Gasteiger partial charge < -0.3 is 5.32 Å². The molecule has 0 amide bonds. The lowest BCUT2D eigenvalue weighted by atomic mass is 9.99. The molecule has 1 atom stereocenters. The molecule has 0 radical (unpaired) electrons. The lowest BCUT2D eigenvalue weighted by Gasteiger charge is -2.40. The highest BCUT2D eigenvalue weighted by Gasteiger charge is 2.67. The van der Waals surface area contributed by atoms with E-state index < -0.39 is 0 Å². The first-order valence-electron chi connectivity index (χ1n) is 6.76. The summed E-state index contributed by atoms with van der Waals surface area (Å²) in [6, 6.07) is 1.49. The Labute approximate surface area is 101 Å². The average molecular weight is 224 g/mol. The zero-order chi connectivity index (χ0) is 12.1. The van der Waals surface area contributed by atoms with Crippen LogP contribution in [0.1, 0.15) is 41.5 Å². The Balaban J connectivity index is 2.14. The minimum Gasteiger partial charge on any atom is -0.314 e. The molecule has 1 saturated heterocycles. The van der Waals surface area contributed by atoms with Gasteiger partial charge in [0.25, 0.3) is 0 Å². The molecule has 2 aliphatic rings. The Morgan fingerprint density at radius 1 is 1.12 bits per heavy atom. The van der Waals surface area contributed by atoms with E-state index in [9.17, 15) is 0 Å². The van der Waals surface area contributed by atoms with Gasteiger partial charge in [0, 0.05) is 31.7 Å². The predicted molar refractivity (Wildman–Crippen MR) is 69.6 cm³/mol. The predicted octanol–water partition coefficient (Wildman–Crippen LogP) is 2.35. The van der Waals surface area contributed by atoms with Crippen LogP contribution in [0.2, 0.25) is 0 Å². The Morgan fingerprint density at radius 2 is 1.69 bits per heavy atom. The van der Waals surface area contributed by atoms with Gasteiger partial charge in [0.1, 0.15) is 0 Å². The van der Waals surface area contributed by atoms with E-state index in [4.69, 9.17) is 0 Å². The second kappa shape index (κ2) is 3.71. The summed E-state index contributed by atoms with van der Waals surface area (Å²) in [4.78, 5) is 2.78. The zero-order valence-electron chi connectivity index (χ0n) is 11.8. The van der Waals surface area contributed by atoms with Crippen LogP contribution in [0, 0.1) is 16.7 Å². The first-order valence-corrected chi connectivity index (χ1v) is 6.76. The summed E-state index contributed by atoms with van der Waals surface area (Å²) in [5, 5.41) is 3.54. The molecule has 2 heteroatoms. The summed E-state index contributed by atoms with van der Waals surface area (Å²) in [6.45, 7) is 18.0. The minimum absolute atomic E-state index is 0.484. The van der Waals surface area contributed by atoms with E-state index in [0.717, 1.165) is 24.5 Å². The first-order chi connectivity index (χ1) is 7.30. The summed E-state index contributed by atoms with van der Waals surface area (Å²) in [7, 11) is 0. The fourth-order valence-corrected chi connectivity index (χ4v) is 3.67. The second-order valence-electron chi connectivity index (χ2n) is 7.10. The Kier molecular flexibility index (Phi) is 2.87. The molecular formula is C14H28N2. The van der Waals surface area contributed by atoms with E-state index in [0.29, 0.717) is 10.8 Å². The molecular weight excluding hydrogens is 196 g/mol. The summed E-state index contributed by atoms with van der Waals surface area (Å²) >= 11 is 0. The summed E-state index contributed by atoms with van der Waals surface area (Å²) in [5.41, 5.74) is 0.967. The van der Waals surface area contributed by atoms with Gasteiger partial charge in [0.05, 0.1) is 0 Å². The number of hydrogen-bond acceptors (Lipinski definition) is 2. The molecule has 0 aromatic carbocycles. The van der Waals surface area contributed by atoms with Gasteiger partial charge in [0.2, 0.25) is 0 Å². The van der Waals surface area contributed by atoms with Crippen LogP contribution in [0.4, 0.5) is 0 Å². The van der Waals surface area contributed by atoms with Crippen LogP contribution in [-0.4, -0.2) is 36.6 Å². The molecule has 94 valence electrons. The third-order valence-corrected chi connectivity index (χ3v) is 5.37. The first kappa shape index (κ1) is 12.4.